The number of nitrogens with one attached hydrogen (secondary N) is 1. The number of benzene rings is 3. The Bertz CT molecular complexity index is 2990. The molecule has 0 radical (unpaired) electrons. The topological polar surface area (TPSA) is 165 Å². The molecule has 2 aromatic heterocycles. The number of anilines is 2. The number of piperidine rings is 3. The number of fused-ring (bicyclic) bond motifs is 3. The second-order valence-electron chi connectivity index (χ2n) is 21.9. The molecule has 6 fully saturated rings. The van der Waals surface area contributed by atoms with Crippen LogP contribution in [0.25, 0.3) is 32.9 Å². The molecule has 2 saturated carbocycles. The summed E-state index contributed by atoms with van der Waals surface area (Å²) < 4.78 is 23.7. The van der Waals surface area contributed by atoms with Crippen molar-refractivity contribution >= 4 is 56.8 Å². The molecule has 2 aliphatic carbocycles. The van der Waals surface area contributed by atoms with Gasteiger partial charge in [-0.05, 0) is 135 Å². The Labute approximate surface area is 412 Å². The highest BCUT2D eigenvalue weighted by Crippen LogP contribution is 2.53. The normalized spacial score (nSPS) is 23.7. The first-order valence-corrected chi connectivity index (χ1v) is 25.9. The van der Waals surface area contributed by atoms with Crippen molar-refractivity contribution in [3.63, 3.8) is 0 Å². The lowest BCUT2D eigenvalue weighted by Crippen LogP contribution is -2.59. The molecule has 16 heteroatoms. The van der Waals surface area contributed by atoms with Crippen LogP contribution in [-0.4, -0.2) is 136 Å². The fraction of sp³-hybridized carbons (Fsp3) is 0.509. The number of imide groups is 2. The molecule has 71 heavy (non-hydrogen) atoms. The maximum atomic E-state index is 17.1. The number of rotatable bonds is 11. The predicted octanol–water partition coefficient (Wildman–Crippen LogP) is 7.12. The summed E-state index contributed by atoms with van der Waals surface area (Å²) in [6, 6.07) is 14.4. The number of hydrogen-bond acceptors (Lipinski definition) is 13. The third-order valence-electron chi connectivity index (χ3n) is 17.2. The molecule has 1 unspecified atom stereocenters. The lowest BCUT2D eigenvalue weighted by molar-refractivity contribution is -0.136. The Morgan fingerprint density at radius 3 is 2.39 bits per heavy atom. The zero-order valence-electron chi connectivity index (χ0n) is 40.7. The van der Waals surface area contributed by atoms with Crippen LogP contribution in [0, 0.1) is 22.6 Å². The number of amides is 4. The van der Waals surface area contributed by atoms with E-state index in [-0.39, 0.29) is 47.1 Å². The van der Waals surface area contributed by atoms with E-state index in [0.29, 0.717) is 51.9 Å². The van der Waals surface area contributed by atoms with E-state index < -0.39 is 29.6 Å². The Balaban J connectivity index is 0.669. The number of hydrogen-bond donors (Lipinski definition) is 2. The number of likely N-dealkylation sites (tertiary alicyclic amines) is 1. The summed E-state index contributed by atoms with van der Waals surface area (Å²) in [5, 5.41) is 15.3. The number of carbonyl (C=O) groups excluding carboxylic acids is 4. The Kier molecular flexibility index (Phi) is 11.5. The van der Waals surface area contributed by atoms with Crippen LogP contribution in [0.2, 0.25) is 0 Å². The molecule has 2 atom stereocenters. The Hall–Kier alpha value is -6.26. The van der Waals surface area contributed by atoms with Crippen molar-refractivity contribution in [3.05, 3.63) is 77.2 Å². The zero-order chi connectivity index (χ0) is 48.8. The van der Waals surface area contributed by atoms with Crippen molar-refractivity contribution in [1.82, 2.24) is 35.0 Å². The lowest BCUT2D eigenvalue weighted by atomic mass is 9.60. The van der Waals surface area contributed by atoms with Crippen LogP contribution in [0.3, 0.4) is 0 Å². The largest absolute Gasteiger partial charge is 0.508 e. The first-order valence-electron chi connectivity index (χ1n) is 25.9. The number of ether oxygens (including phenoxy) is 1. The molecule has 5 aliphatic heterocycles. The predicted molar refractivity (Wildman–Crippen MR) is 267 cm³/mol. The van der Waals surface area contributed by atoms with E-state index in [1.54, 1.807) is 30.5 Å². The lowest BCUT2D eigenvalue weighted by Gasteiger charge is -2.56. The number of aryl methyl sites for hydroxylation is 1. The average Bonchev–Trinajstić information content (AvgIpc) is 4.09. The van der Waals surface area contributed by atoms with E-state index in [4.69, 9.17) is 19.7 Å². The molecule has 7 heterocycles. The van der Waals surface area contributed by atoms with Gasteiger partial charge in [-0.2, -0.15) is 9.97 Å². The SMILES string of the molecule is CCc1cccc2cc(O)cc(-c3ncc4c(N5CCC[C@H](C)C5)nc(OCC5(CN6CCC7(CC6)CC(N6CCN(c8ccc9c(c8)C(=O)N(C8CCC(=O)NC8=O)C9=O)CC6)C7)CC5)nc4c3F)c12. The molecule has 15 nitrogen and oxygen atoms in total. The summed E-state index contributed by atoms with van der Waals surface area (Å²) in [6.07, 6.45) is 11.8. The number of pyridine rings is 1. The Morgan fingerprint density at radius 1 is 0.859 bits per heavy atom. The van der Waals surface area contributed by atoms with Crippen molar-refractivity contribution in [2.75, 3.05) is 75.3 Å². The molecule has 7 aliphatic rings. The van der Waals surface area contributed by atoms with Gasteiger partial charge < -0.3 is 24.5 Å². The van der Waals surface area contributed by atoms with Crippen LogP contribution in [0.1, 0.15) is 104 Å². The fourth-order valence-electron chi connectivity index (χ4n) is 12.9. The number of aromatic nitrogens is 3. The third kappa shape index (κ3) is 8.33. The fourth-order valence-corrected chi connectivity index (χ4v) is 12.9. The highest BCUT2D eigenvalue weighted by Gasteiger charge is 2.51. The van der Waals surface area contributed by atoms with Gasteiger partial charge in [-0.1, -0.05) is 32.0 Å². The minimum Gasteiger partial charge on any atom is -0.508 e. The highest BCUT2D eigenvalue weighted by molar-refractivity contribution is 6.23. The van der Waals surface area contributed by atoms with Crippen LogP contribution in [0.4, 0.5) is 15.9 Å². The molecular formula is C55H62FN9O6. The molecule has 3 aromatic carbocycles. The summed E-state index contributed by atoms with van der Waals surface area (Å²) in [6.45, 7) is 13.0. The van der Waals surface area contributed by atoms with Gasteiger partial charge in [-0.15, -0.1) is 0 Å². The van der Waals surface area contributed by atoms with Gasteiger partial charge in [0.15, 0.2) is 5.82 Å². The number of aromatic hydroxyl groups is 1. The number of nitrogens with zero attached hydrogens (tertiary/aromatic N) is 8. The van der Waals surface area contributed by atoms with Gasteiger partial charge in [0, 0.05) is 81.1 Å². The monoisotopic (exact) mass is 963 g/mol. The summed E-state index contributed by atoms with van der Waals surface area (Å²) in [7, 11) is 0. The smallest absolute Gasteiger partial charge is 0.319 e. The highest BCUT2D eigenvalue weighted by atomic mass is 19.1. The number of phenols is 1. The van der Waals surface area contributed by atoms with Gasteiger partial charge in [0.2, 0.25) is 11.8 Å². The molecule has 0 bridgehead atoms. The molecule has 2 N–H and O–H groups in total. The van der Waals surface area contributed by atoms with Crippen LogP contribution >= 0.6 is 0 Å². The van der Waals surface area contributed by atoms with Crippen molar-refractivity contribution < 1.29 is 33.4 Å². The summed E-state index contributed by atoms with van der Waals surface area (Å²) in [5.74, 6) is -1.30. The van der Waals surface area contributed by atoms with E-state index in [1.165, 1.54) is 25.7 Å². The van der Waals surface area contributed by atoms with Crippen molar-refractivity contribution in [2.45, 2.75) is 96.6 Å². The summed E-state index contributed by atoms with van der Waals surface area (Å²) in [4.78, 5) is 76.2. The maximum absolute atomic E-state index is 17.1. The van der Waals surface area contributed by atoms with E-state index in [0.717, 1.165) is 118 Å². The van der Waals surface area contributed by atoms with Gasteiger partial charge >= 0.3 is 6.01 Å². The standard InChI is InChI=1S/C55H62FN9O6/c1-3-34-7-4-8-35-24-38(66)26-41(45(34)35)47-46(56)48-42(29-57-47)49(64-17-5-6-33(2)30-64)60-53(59-48)71-32-55(13-14-55)31-61-18-15-54(16-19-61)27-37(28-54)63-22-20-62(21-23-63)36-9-10-39-40(25-36)52(70)65(51(39)69)43-11-12-44(67)58-50(43)68/h4,7-10,24-26,29,33,37,43,66H,3,5-6,11-23,27-28,30-32H2,1-2H3,(H,58,67,68)/t33-,43?/m0/s1. The van der Waals surface area contributed by atoms with Gasteiger partial charge in [0.25, 0.3) is 11.8 Å². The first-order chi connectivity index (χ1) is 34.4. The van der Waals surface area contributed by atoms with E-state index in [2.05, 4.69) is 38.8 Å². The number of piperazine rings is 1. The number of carbonyl (C=O) groups is 4. The van der Waals surface area contributed by atoms with Gasteiger partial charge in [-0.25, -0.2) is 4.39 Å². The quantitative estimate of drug-likeness (QED) is 0.129. The molecule has 1 spiro atoms. The zero-order valence-corrected chi connectivity index (χ0v) is 40.7. The molecule has 4 amide bonds. The van der Waals surface area contributed by atoms with Crippen LogP contribution in [0.15, 0.2) is 54.7 Å². The van der Waals surface area contributed by atoms with Crippen LogP contribution < -0.4 is 19.9 Å². The van der Waals surface area contributed by atoms with Crippen molar-refractivity contribution in [2.24, 2.45) is 16.7 Å². The number of phenolic OH excluding ortho intramolecular Hbond substituents is 1. The summed E-state index contributed by atoms with van der Waals surface area (Å²) in [5.41, 5.74) is 3.85. The van der Waals surface area contributed by atoms with Gasteiger partial charge in [-0.3, -0.25) is 39.3 Å². The van der Waals surface area contributed by atoms with Crippen molar-refractivity contribution in [1.29, 1.82) is 0 Å². The second-order valence-corrected chi connectivity index (χ2v) is 21.9. The van der Waals surface area contributed by atoms with Gasteiger partial charge in [0.05, 0.1) is 23.1 Å². The molecular weight excluding hydrogens is 902 g/mol. The minimum atomic E-state index is -0.974. The van der Waals surface area contributed by atoms with E-state index in [1.807, 2.05) is 24.3 Å². The van der Waals surface area contributed by atoms with E-state index in [9.17, 15) is 24.3 Å². The number of halogens is 1. The molecule has 5 aromatic rings. The maximum Gasteiger partial charge on any atom is 0.319 e. The Morgan fingerprint density at radius 2 is 1.65 bits per heavy atom. The van der Waals surface area contributed by atoms with E-state index >= 15 is 4.39 Å². The van der Waals surface area contributed by atoms with Crippen LogP contribution in [-0.2, 0) is 16.0 Å². The average molecular weight is 964 g/mol. The second kappa shape index (κ2) is 17.8. The van der Waals surface area contributed by atoms with Gasteiger partial charge in [0.1, 0.15) is 28.8 Å². The first kappa shape index (κ1) is 45.9. The molecule has 4 saturated heterocycles. The molecule has 370 valence electrons. The summed E-state index contributed by atoms with van der Waals surface area (Å²) >= 11 is 0. The third-order valence-corrected chi connectivity index (χ3v) is 17.2. The molecule has 12 rings (SSSR count). The van der Waals surface area contributed by atoms with Crippen LogP contribution in [0.5, 0.6) is 11.8 Å². The van der Waals surface area contributed by atoms with Crippen molar-refractivity contribution in [3.8, 4) is 23.0 Å². The minimum absolute atomic E-state index is 0.0119.